The molecule has 3 aromatic carbocycles. The number of aryl methyl sites for hydroxylation is 1. The summed E-state index contributed by atoms with van der Waals surface area (Å²) < 4.78 is 0. The maximum absolute atomic E-state index is 2.21. The molecule has 0 heteroatoms. The van der Waals surface area contributed by atoms with Gasteiger partial charge in [-0.3, -0.25) is 0 Å². The Labute approximate surface area is 173 Å². The largest absolute Gasteiger partial charge is 0.0622 e. The summed E-state index contributed by atoms with van der Waals surface area (Å²) in [6.45, 7) is 15.4. The summed E-state index contributed by atoms with van der Waals surface area (Å²) in [5, 5.41) is 0. The third-order valence-electron chi connectivity index (χ3n) is 4.68. The molecular formula is C28H38. The monoisotopic (exact) mass is 374 g/mol. The molecule has 0 aliphatic carbocycles. The Morgan fingerprint density at radius 3 is 0.929 bits per heavy atom. The predicted molar refractivity (Wildman–Crippen MR) is 126 cm³/mol. The average Bonchev–Trinajstić information content (AvgIpc) is 2.70. The Bertz CT molecular complexity index is 692. The number of hydrogen-bond acceptors (Lipinski definition) is 0. The zero-order chi connectivity index (χ0) is 20.9. The minimum absolute atomic E-state index is 0.653. The highest BCUT2D eigenvalue weighted by Crippen LogP contribution is 2.14. The molecule has 0 heterocycles. The van der Waals surface area contributed by atoms with Crippen LogP contribution in [0.3, 0.4) is 0 Å². The van der Waals surface area contributed by atoms with E-state index in [9.17, 15) is 0 Å². The zero-order valence-electron chi connectivity index (χ0n) is 18.8. The van der Waals surface area contributed by atoms with Crippen molar-refractivity contribution in [3.63, 3.8) is 0 Å². The van der Waals surface area contributed by atoms with Gasteiger partial charge in [-0.05, 0) is 41.4 Å². The second-order valence-corrected chi connectivity index (χ2v) is 8.20. The number of benzene rings is 3. The Morgan fingerprint density at radius 1 is 0.393 bits per heavy atom. The molecule has 0 N–H and O–H groups in total. The van der Waals surface area contributed by atoms with E-state index in [0.29, 0.717) is 17.8 Å². The van der Waals surface area contributed by atoms with Gasteiger partial charge in [0.05, 0.1) is 0 Å². The third kappa shape index (κ3) is 9.55. The second-order valence-electron chi connectivity index (χ2n) is 8.20. The summed E-state index contributed by atoms with van der Waals surface area (Å²) in [6, 6.07) is 29.8. The standard InChI is InChI=1S/C10H14.2C9H12/c1-8(2)10-6-4-9(3)5-7-10;2*1-8(2)9-6-4-3-5-7-9/h4-8H,1-3H3;2*3-8H,1-2H3. The Morgan fingerprint density at radius 2 is 0.679 bits per heavy atom. The molecule has 0 unspecified atom stereocenters. The molecule has 0 saturated carbocycles. The van der Waals surface area contributed by atoms with Crippen molar-refractivity contribution >= 4 is 0 Å². The average molecular weight is 375 g/mol. The molecule has 0 aliphatic heterocycles. The van der Waals surface area contributed by atoms with Crippen molar-refractivity contribution in [3.8, 4) is 0 Å². The Balaban J connectivity index is 0.000000210. The van der Waals surface area contributed by atoms with Crippen molar-refractivity contribution in [2.75, 3.05) is 0 Å². The van der Waals surface area contributed by atoms with Crippen LogP contribution in [0.1, 0.15) is 81.5 Å². The van der Waals surface area contributed by atoms with E-state index in [0.717, 1.165) is 0 Å². The third-order valence-corrected chi connectivity index (χ3v) is 4.68. The van der Waals surface area contributed by atoms with Gasteiger partial charge >= 0.3 is 0 Å². The first-order valence-corrected chi connectivity index (χ1v) is 10.5. The lowest BCUT2D eigenvalue weighted by atomic mass is 10.0. The van der Waals surface area contributed by atoms with Crippen LogP contribution < -0.4 is 0 Å². The summed E-state index contributed by atoms with van der Waals surface area (Å²) in [6.07, 6.45) is 0. The molecule has 0 bridgehead atoms. The van der Waals surface area contributed by atoms with E-state index >= 15 is 0 Å². The molecule has 0 aromatic heterocycles. The molecule has 0 fully saturated rings. The van der Waals surface area contributed by atoms with E-state index in [4.69, 9.17) is 0 Å². The van der Waals surface area contributed by atoms with Gasteiger partial charge in [-0.1, -0.05) is 132 Å². The highest BCUT2D eigenvalue weighted by atomic mass is 14.0. The first kappa shape index (κ1) is 23.7. The van der Waals surface area contributed by atoms with Gasteiger partial charge in [0.2, 0.25) is 0 Å². The normalized spacial score (nSPS) is 10.2. The smallest absolute Gasteiger partial charge is 0.0219 e. The first-order valence-electron chi connectivity index (χ1n) is 10.5. The summed E-state index contributed by atoms with van der Waals surface area (Å²) in [7, 11) is 0. The molecule has 3 aromatic rings. The molecule has 0 saturated heterocycles. The lowest BCUT2D eigenvalue weighted by Crippen LogP contribution is -1.85. The fraction of sp³-hybridized carbons (Fsp3) is 0.357. The Kier molecular flexibility index (Phi) is 11.0. The summed E-state index contributed by atoms with van der Waals surface area (Å²) >= 11 is 0. The predicted octanol–water partition coefficient (Wildman–Crippen LogP) is 8.74. The summed E-state index contributed by atoms with van der Waals surface area (Å²) in [5.74, 6) is 1.97. The van der Waals surface area contributed by atoms with E-state index in [2.05, 4.69) is 121 Å². The number of rotatable bonds is 3. The van der Waals surface area contributed by atoms with Crippen LogP contribution in [0.2, 0.25) is 0 Å². The topological polar surface area (TPSA) is 0 Å². The lowest BCUT2D eigenvalue weighted by molar-refractivity contribution is 0.866. The highest BCUT2D eigenvalue weighted by molar-refractivity contribution is 5.23. The van der Waals surface area contributed by atoms with Crippen LogP contribution in [0.15, 0.2) is 84.9 Å². The minimum Gasteiger partial charge on any atom is -0.0622 e. The maximum atomic E-state index is 2.21. The van der Waals surface area contributed by atoms with Crippen LogP contribution in [0.25, 0.3) is 0 Å². The molecule has 0 spiro atoms. The van der Waals surface area contributed by atoms with Gasteiger partial charge in [0, 0.05) is 0 Å². The van der Waals surface area contributed by atoms with Gasteiger partial charge in [-0.2, -0.15) is 0 Å². The van der Waals surface area contributed by atoms with Crippen LogP contribution in [0.5, 0.6) is 0 Å². The van der Waals surface area contributed by atoms with Crippen molar-refractivity contribution < 1.29 is 0 Å². The first-order chi connectivity index (χ1) is 13.3. The van der Waals surface area contributed by atoms with Gasteiger partial charge in [0.25, 0.3) is 0 Å². The molecule has 0 radical (unpaired) electrons. The van der Waals surface area contributed by atoms with Crippen molar-refractivity contribution in [2.24, 2.45) is 0 Å². The highest BCUT2D eigenvalue weighted by Gasteiger charge is 1.96. The molecule has 0 nitrogen and oxygen atoms in total. The summed E-state index contributed by atoms with van der Waals surface area (Å²) in [5.41, 5.74) is 5.59. The quantitative estimate of drug-likeness (QED) is 0.430. The van der Waals surface area contributed by atoms with Crippen LogP contribution in [-0.2, 0) is 0 Å². The van der Waals surface area contributed by atoms with Gasteiger partial charge < -0.3 is 0 Å². The van der Waals surface area contributed by atoms with Gasteiger partial charge in [0.1, 0.15) is 0 Å². The van der Waals surface area contributed by atoms with Crippen LogP contribution in [0.4, 0.5) is 0 Å². The van der Waals surface area contributed by atoms with Crippen molar-refractivity contribution in [2.45, 2.75) is 66.2 Å². The molecule has 28 heavy (non-hydrogen) atoms. The molecule has 0 atom stereocenters. The Hall–Kier alpha value is -2.34. The van der Waals surface area contributed by atoms with Gasteiger partial charge in [-0.15, -0.1) is 0 Å². The molecule has 0 amide bonds. The van der Waals surface area contributed by atoms with E-state index in [1.807, 2.05) is 12.1 Å². The maximum Gasteiger partial charge on any atom is -0.0219 e. The van der Waals surface area contributed by atoms with Crippen molar-refractivity contribution in [1.82, 2.24) is 0 Å². The zero-order valence-corrected chi connectivity index (χ0v) is 18.8. The lowest BCUT2D eigenvalue weighted by Gasteiger charge is -2.03. The van der Waals surface area contributed by atoms with Crippen LogP contribution >= 0.6 is 0 Å². The fourth-order valence-electron chi connectivity index (χ4n) is 2.63. The molecular weight excluding hydrogens is 336 g/mol. The van der Waals surface area contributed by atoms with E-state index in [-0.39, 0.29) is 0 Å². The van der Waals surface area contributed by atoms with Gasteiger partial charge in [0.15, 0.2) is 0 Å². The van der Waals surface area contributed by atoms with Crippen molar-refractivity contribution in [1.29, 1.82) is 0 Å². The SMILES string of the molecule is CC(C)c1ccccc1.CC(C)c1ccccc1.Cc1ccc(C(C)C)cc1. The summed E-state index contributed by atoms with van der Waals surface area (Å²) in [4.78, 5) is 0. The molecule has 150 valence electrons. The van der Waals surface area contributed by atoms with E-state index in [1.165, 1.54) is 22.3 Å². The molecule has 0 aliphatic rings. The van der Waals surface area contributed by atoms with Gasteiger partial charge in [-0.25, -0.2) is 0 Å². The fourth-order valence-corrected chi connectivity index (χ4v) is 2.63. The van der Waals surface area contributed by atoms with E-state index < -0.39 is 0 Å². The molecule has 3 rings (SSSR count). The van der Waals surface area contributed by atoms with E-state index in [1.54, 1.807) is 0 Å². The van der Waals surface area contributed by atoms with Crippen LogP contribution in [0, 0.1) is 6.92 Å². The second kappa shape index (κ2) is 12.9. The number of hydrogen-bond donors (Lipinski definition) is 0. The van der Waals surface area contributed by atoms with Crippen molar-refractivity contribution in [3.05, 3.63) is 107 Å². The minimum atomic E-state index is 0.653. The van der Waals surface area contributed by atoms with Crippen LogP contribution in [-0.4, -0.2) is 0 Å².